The van der Waals surface area contributed by atoms with Crippen LogP contribution in [-0.4, -0.2) is 40.4 Å². The van der Waals surface area contributed by atoms with Crippen molar-refractivity contribution in [2.75, 3.05) is 0 Å². The maximum absolute atomic E-state index is 13.1. The minimum atomic E-state index is -0.195. The second-order valence-corrected chi connectivity index (χ2v) is 7.97. The molecule has 0 aliphatic rings. The van der Waals surface area contributed by atoms with E-state index in [1.807, 2.05) is 35.2 Å². The predicted octanol–water partition coefficient (Wildman–Crippen LogP) is 2.76. The van der Waals surface area contributed by atoms with Gasteiger partial charge in [0.2, 0.25) is 0 Å². The molecule has 0 saturated heterocycles. The molecule has 5 rings (SSSR count). The van der Waals surface area contributed by atoms with Crippen LogP contribution < -0.4 is 5.32 Å². The topological polar surface area (TPSA) is 103 Å². The van der Waals surface area contributed by atoms with E-state index in [2.05, 4.69) is 36.5 Å². The summed E-state index contributed by atoms with van der Waals surface area (Å²) in [7, 11) is 0. The van der Waals surface area contributed by atoms with Crippen LogP contribution in [0.1, 0.15) is 26.5 Å². The smallest absolute Gasteiger partial charge is 0.252 e. The minimum Gasteiger partial charge on any atom is -0.348 e. The Morgan fingerprint density at radius 2 is 2.16 bits per heavy atom. The zero-order valence-corrected chi connectivity index (χ0v) is 17.5. The highest BCUT2D eigenvalue weighted by molar-refractivity contribution is 7.09. The zero-order valence-electron chi connectivity index (χ0n) is 16.6. The third-order valence-corrected chi connectivity index (χ3v) is 5.67. The summed E-state index contributed by atoms with van der Waals surface area (Å²) in [5.41, 5.74) is 2.83. The van der Waals surface area contributed by atoms with Crippen LogP contribution in [0, 0.1) is 6.92 Å². The van der Waals surface area contributed by atoms with Gasteiger partial charge in [-0.2, -0.15) is 10.2 Å². The third-order valence-electron chi connectivity index (χ3n) is 4.81. The number of hydrogen-bond acceptors (Lipinski definition) is 7. The number of nitrogens with zero attached hydrogens (tertiary/aromatic N) is 7. The number of hydrogen-bond donors (Lipinski definition) is 1. The van der Waals surface area contributed by atoms with Crippen LogP contribution in [0.2, 0.25) is 0 Å². The Morgan fingerprint density at radius 3 is 2.97 bits per heavy atom. The molecule has 0 radical (unpaired) electrons. The molecule has 1 N–H and O–H groups in total. The van der Waals surface area contributed by atoms with E-state index in [-0.39, 0.29) is 5.91 Å². The fraction of sp³-hybridized carbons (Fsp3) is 0.143. The fourth-order valence-electron chi connectivity index (χ4n) is 3.39. The molecule has 0 aliphatic carbocycles. The molecule has 10 heteroatoms. The summed E-state index contributed by atoms with van der Waals surface area (Å²) in [5, 5.41) is 14.3. The molecule has 0 aliphatic heterocycles. The Labute approximate surface area is 181 Å². The Kier molecular flexibility index (Phi) is 4.97. The van der Waals surface area contributed by atoms with Crippen molar-refractivity contribution in [3.8, 4) is 5.82 Å². The van der Waals surface area contributed by atoms with E-state index in [1.165, 1.54) is 11.2 Å². The maximum atomic E-state index is 13.1. The summed E-state index contributed by atoms with van der Waals surface area (Å²) in [6.45, 7) is 2.80. The van der Waals surface area contributed by atoms with Crippen molar-refractivity contribution in [1.29, 1.82) is 0 Å². The molecule has 0 atom stereocenters. The molecule has 154 valence electrons. The number of aromatic nitrogens is 7. The highest BCUT2D eigenvalue weighted by Gasteiger charge is 2.17. The van der Waals surface area contributed by atoms with Gasteiger partial charge in [-0.25, -0.2) is 24.3 Å². The number of aryl methyl sites for hydroxylation is 1. The van der Waals surface area contributed by atoms with Gasteiger partial charge in [0.15, 0.2) is 11.5 Å². The van der Waals surface area contributed by atoms with Gasteiger partial charge < -0.3 is 5.32 Å². The predicted molar refractivity (Wildman–Crippen MR) is 116 cm³/mol. The van der Waals surface area contributed by atoms with Gasteiger partial charge in [-0.3, -0.25) is 4.79 Å². The van der Waals surface area contributed by atoms with Crippen molar-refractivity contribution in [1.82, 2.24) is 39.8 Å². The quantitative estimate of drug-likeness (QED) is 0.444. The van der Waals surface area contributed by atoms with E-state index in [0.29, 0.717) is 30.1 Å². The van der Waals surface area contributed by atoms with Gasteiger partial charge in [0.25, 0.3) is 5.91 Å². The van der Waals surface area contributed by atoms with Gasteiger partial charge in [0.05, 0.1) is 23.7 Å². The zero-order chi connectivity index (χ0) is 21.2. The lowest BCUT2D eigenvalue weighted by Gasteiger charge is -2.10. The normalized spacial score (nSPS) is 11.1. The van der Waals surface area contributed by atoms with Crippen LogP contribution in [0.3, 0.4) is 0 Å². The molecule has 9 nitrogen and oxygen atoms in total. The first-order chi connectivity index (χ1) is 15.2. The largest absolute Gasteiger partial charge is 0.348 e. The van der Waals surface area contributed by atoms with Gasteiger partial charge in [0, 0.05) is 28.9 Å². The molecule has 0 bridgehead atoms. The molecular formula is C21H18N8OS. The second-order valence-electron chi connectivity index (χ2n) is 6.94. The summed E-state index contributed by atoms with van der Waals surface area (Å²) in [4.78, 5) is 27.2. The molecular weight excluding hydrogens is 412 g/mol. The summed E-state index contributed by atoms with van der Waals surface area (Å²) < 4.78 is 3.40. The van der Waals surface area contributed by atoms with Crippen LogP contribution in [0.5, 0.6) is 0 Å². The number of fused-ring (bicyclic) bond motifs is 1. The standard InChI is InChI=1S/C21H18N8OS/c1-14-8-17(18-10-25-28(20(18)27-14)11-16-5-3-7-31-16)21(30)24-9-15-4-2-6-23-19(15)29-13-22-12-26-29/h2-8,10,12-13H,9,11H2,1H3,(H,24,30). The van der Waals surface area contributed by atoms with Crippen LogP contribution in [0.4, 0.5) is 0 Å². The fourth-order valence-corrected chi connectivity index (χ4v) is 4.08. The van der Waals surface area contributed by atoms with Crippen LogP contribution >= 0.6 is 11.3 Å². The van der Waals surface area contributed by atoms with Gasteiger partial charge in [0.1, 0.15) is 12.7 Å². The molecule has 0 fully saturated rings. The van der Waals surface area contributed by atoms with Crippen molar-refractivity contribution >= 4 is 28.3 Å². The van der Waals surface area contributed by atoms with Gasteiger partial charge >= 0.3 is 0 Å². The average molecular weight is 430 g/mol. The first-order valence-corrected chi connectivity index (χ1v) is 10.5. The highest BCUT2D eigenvalue weighted by atomic mass is 32.1. The lowest BCUT2D eigenvalue weighted by atomic mass is 10.1. The number of rotatable bonds is 6. The Hall–Kier alpha value is -3.92. The van der Waals surface area contributed by atoms with Crippen molar-refractivity contribution in [3.05, 3.63) is 82.5 Å². The Bertz CT molecular complexity index is 1340. The molecule has 31 heavy (non-hydrogen) atoms. The first kappa shape index (κ1) is 19.1. The first-order valence-electron chi connectivity index (χ1n) is 9.61. The molecule has 0 saturated carbocycles. The van der Waals surface area contributed by atoms with E-state index in [9.17, 15) is 4.79 Å². The van der Waals surface area contributed by atoms with E-state index in [0.717, 1.165) is 16.6 Å². The minimum absolute atomic E-state index is 0.195. The average Bonchev–Trinajstić information content (AvgIpc) is 3.55. The molecule has 0 spiro atoms. The molecule has 5 aromatic rings. The van der Waals surface area contributed by atoms with Crippen molar-refractivity contribution in [2.45, 2.75) is 20.0 Å². The van der Waals surface area contributed by atoms with E-state index in [1.54, 1.807) is 40.8 Å². The number of thiophene rings is 1. The van der Waals surface area contributed by atoms with Crippen LogP contribution in [0.15, 0.2) is 60.8 Å². The van der Waals surface area contributed by atoms with Gasteiger partial charge in [-0.15, -0.1) is 11.3 Å². The SMILES string of the molecule is Cc1cc(C(=O)NCc2cccnc2-n2cncn2)c2cnn(Cc3cccs3)c2n1. The summed E-state index contributed by atoms with van der Waals surface area (Å²) >= 11 is 1.66. The molecule has 0 unspecified atom stereocenters. The molecule has 5 heterocycles. The number of pyridine rings is 2. The highest BCUT2D eigenvalue weighted by Crippen LogP contribution is 2.21. The third kappa shape index (κ3) is 3.80. The molecule has 0 aromatic carbocycles. The van der Waals surface area contributed by atoms with Crippen molar-refractivity contribution in [3.63, 3.8) is 0 Å². The lowest BCUT2D eigenvalue weighted by Crippen LogP contribution is -2.24. The maximum Gasteiger partial charge on any atom is 0.252 e. The monoisotopic (exact) mass is 430 g/mol. The number of nitrogens with one attached hydrogen (secondary N) is 1. The van der Waals surface area contributed by atoms with Crippen LogP contribution in [-0.2, 0) is 13.1 Å². The summed E-state index contributed by atoms with van der Waals surface area (Å²) in [6, 6.07) is 9.58. The number of carbonyl (C=O) groups is 1. The van der Waals surface area contributed by atoms with E-state index >= 15 is 0 Å². The number of carbonyl (C=O) groups excluding carboxylic acids is 1. The van der Waals surface area contributed by atoms with E-state index < -0.39 is 0 Å². The Balaban J connectivity index is 1.41. The Morgan fingerprint density at radius 1 is 1.23 bits per heavy atom. The number of amides is 1. The molecule has 5 aromatic heterocycles. The lowest BCUT2D eigenvalue weighted by molar-refractivity contribution is 0.0952. The molecule has 1 amide bonds. The second kappa shape index (κ2) is 8.07. The van der Waals surface area contributed by atoms with Crippen LogP contribution in [0.25, 0.3) is 16.9 Å². The van der Waals surface area contributed by atoms with Gasteiger partial charge in [-0.1, -0.05) is 12.1 Å². The van der Waals surface area contributed by atoms with Crippen molar-refractivity contribution in [2.24, 2.45) is 0 Å². The summed E-state index contributed by atoms with van der Waals surface area (Å²) in [6.07, 6.45) is 6.40. The van der Waals surface area contributed by atoms with E-state index in [4.69, 9.17) is 0 Å². The van der Waals surface area contributed by atoms with Gasteiger partial charge in [-0.05, 0) is 30.5 Å². The van der Waals surface area contributed by atoms with Crippen molar-refractivity contribution < 1.29 is 4.79 Å². The summed E-state index contributed by atoms with van der Waals surface area (Å²) in [5.74, 6) is 0.430.